The van der Waals surface area contributed by atoms with Crippen LogP contribution in [-0.2, 0) is 0 Å². The van der Waals surface area contributed by atoms with Crippen LogP contribution in [0.2, 0.25) is 0 Å². The van der Waals surface area contributed by atoms with Gasteiger partial charge in [-0.25, -0.2) is 8.78 Å². The van der Waals surface area contributed by atoms with Crippen molar-refractivity contribution < 1.29 is 13.6 Å². The fraction of sp³-hybridized carbons (Fsp3) is 0. The minimum absolute atomic E-state index is 0.103. The Morgan fingerprint density at radius 3 is 2.09 bits per heavy atom. The Kier molecular flexibility index (Phi) is 3.38. The molecule has 0 atom stereocenters. The zero-order chi connectivity index (χ0) is 15.7. The first kappa shape index (κ1) is 13.9. The maximum atomic E-state index is 12.9. The van der Waals surface area contributed by atoms with Crippen molar-refractivity contribution >= 4 is 11.9 Å². The predicted octanol–water partition coefficient (Wildman–Crippen LogP) is 2.49. The predicted molar refractivity (Wildman–Crippen MR) is 76.0 cm³/mol. The molecule has 0 radical (unpaired) electrons. The first-order valence-electron chi connectivity index (χ1n) is 6.33. The average Bonchev–Trinajstić information content (AvgIpc) is 2.90. The maximum Gasteiger partial charge on any atom is 0.281 e. The van der Waals surface area contributed by atoms with Crippen molar-refractivity contribution in [2.75, 3.05) is 5.73 Å². The van der Waals surface area contributed by atoms with Gasteiger partial charge < -0.3 is 5.73 Å². The molecule has 2 aromatic carbocycles. The van der Waals surface area contributed by atoms with Gasteiger partial charge in [-0.15, -0.1) is 5.10 Å². The second-order valence-corrected chi connectivity index (χ2v) is 4.52. The number of benzene rings is 2. The molecular weight excluding hydrogens is 290 g/mol. The lowest BCUT2D eigenvalue weighted by molar-refractivity contribution is 0.0948. The van der Waals surface area contributed by atoms with Crippen LogP contribution in [0.25, 0.3) is 11.4 Å². The van der Waals surface area contributed by atoms with Gasteiger partial charge >= 0.3 is 0 Å². The van der Waals surface area contributed by atoms with E-state index in [1.54, 1.807) is 0 Å². The molecule has 0 aliphatic carbocycles. The molecule has 22 heavy (non-hydrogen) atoms. The molecule has 110 valence electrons. The third kappa shape index (κ3) is 2.56. The molecule has 0 aliphatic rings. The van der Waals surface area contributed by atoms with Crippen molar-refractivity contribution in [3.05, 3.63) is 65.7 Å². The smallest absolute Gasteiger partial charge is 0.281 e. The molecule has 0 amide bonds. The van der Waals surface area contributed by atoms with Gasteiger partial charge in [0.15, 0.2) is 5.82 Å². The van der Waals surface area contributed by atoms with Gasteiger partial charge in [0.1, 0.15) is 11.6 Å². The quantitative estimate of drug-likeness (QED) is 0.789. The topological polar surface area (TPSA) is 73.8 Å². The van der Waals surface area contributed by atoms with Gasteiger partial charge in [0.2, 0.25) is 5.95 Å². The van der Waals surface area contributed by atoms with E-state index >= 15 is 0 Å². The van der Waals surface area contributed by atoms with E-state index in [4.69, 9.17) is 5.73 Å². The summed E-state index contributed by atoms with van der Waals surface area (Å²) in [5, 5.41) is 4.02. The highest BCUT2D eigenvalue weighted by Gasteiger charge is 2.16. The van der Waals surface area contributed by atoms with E-state index in [0.29, 0.717) is 5.56 Å². The monoisotopic (exact) mass is 300 g/mol. The van der Waals surface area contributed by atoms with Gasteiger partial charge in [0.25, 0.3) is 5.91 Å². The number of hydrogen-bond donors (Lipinski definition) is 1. The molecule has 0 spiro atoms. The molecule has 0 unspecified atom stereocenters. The van der Waals surface area contributed by atoms with Gasteiger partial charge in [-0.3, -0.25) is 4.79 Å². The van der Waals surface area contributed by atoms with E-state index in [1.807, 2.05) is 0 Å². The van der Waals surface area contributed by atoms with Crippen molar-refractivity contribution in [1.29, 1.82) is 0 Å². The Labute approximate surface area is 124 Å². The largest absolute Gasteiger partial charge is 0.368 e. The van der Waals surface area contributed by atoms with Gasteiger partial charge in [-0.1, -0.05) is 0 Å². The summed E-state index contributed by atoms with van der Waals surface area (Å²) in [4.78, 5) is 16.3. The highest BCUT2D eigenvalue weighted by Crippen LogP contribution is 2.18. The molecule has 0 saturated carbocycles. The van der Waals surface area contributed by atoms with Crippen LogP contribution in [0.1, 0.15) is 10.4 Å². The highest BCUT2D eigenvalue weighted by atomic mass is 19.1. The number of rotatable bonds is 2. The molecule has 3 rings (SSSR count). The summed E-state index contributed by atoms with van der Waals surface area (Å²) >= 11 is 0. The fourth-order valence-electron chi connectivity index (χ4n) is 1.91. The van der Waals surface area contributed by atoms with Crippen LogP contribution in [0.4, 0.5) is 14.7 Å². The number of carbonyl (C=O) groups is 1. The van der Waals surface area contributed by atoms with E-state index in [9.17, 15) is 13.6 Å². The van der Waals surface area contributed by atoms with E-state index < -0.39 is 17.5 Å². The summed E-state index contributed by atoms with van der Waals surface area (Å²) in [5.74, 6) is -1.27. The molecule has 3 aromatic rings. The molecule has 1 aromatic heterocycles. The lowest BCUT2D eigenvalue weighted by Crippen LogP contribution is -2.16. The highest BCUT2D eigenvalue weighted by molar-refractivity contribution is 5.96. The van der Waals surface area contributed by atoms with Crippen molar-refractivity contribution in [1.82, 2.24) is 14.8 Å². The Morgan fingerprint density at radius 2 is 1.50 bits per heavy atom. The number of nitrogens with zero attached hydrogens (tertiary/aromatic N) is 3. The molecule has 2 N–H and O–H groups in total. The third-order valence-electron chi connectivity index (χ3n) is 3.02. The number of anilines is 1. The number of nitrogen functional groups attached to an aromatic ring is 1. The van der Waals surface area contributed by atoms with Gasteiger partial charge in [-0.05, 0) is 48.5 Å². The van der Waals surface area contributed by atoms with Crippen LogP contribution >= 0.6 is 0 Å². The van der Waals surface area contributed by atoms with Crippen molar-refractivity contribution in [3.8, 4) is 11.4 Å². The summed E-state index contributed by atoms with van der Waals surface area (Å²) in [6, 6.07) is 10.5. The number of hydrogen-bond acceptors (Lipinski definition) is 4. The van der Waals surface area contributed by atoms with Crippen LogP contribution in [0.5, 0.6) is 0 Å². The zero-order valence-corrected chi connectivity index (χ0v) is 11.2. The van der Waals surface area contributed by atoms with Gasteiger partial charge in [0.05, 0.1) is 0 Å². The Morgan fingerprint density at radius 1 is 0.955 bits per heavy atom. The summed E-state index contributed by atoms with van der Waals surface area (Å²) in [6.45, 7) is 0. The second-order valence-electron chi connectivity index (χ2n) is 4.52. The SMILES string of the molecule is Nc1nc(-c2ccc(F)cc2)nn1C(=O)c1ccc(F)cc1. The number of halogens is 2. The molecule has 0 saturated heterocycles. The molecule has 5 nitrogen and oxygen atoms in total. The van der Waals surface area contributed by atoms with Crippen LogP contribution in [0, 0.1) is 11.6 Å². The summed E-state index contributed by atoms with van der Waals surface area (Å²) in [5.41, 5.74) is 6.45. The Bertz CT molecular complexity index is 826. The summed E-state index contributed by atoms with van der Waals surface area (Å²) < 4.78 is 26.7. The lowest BCUT2D eigenvalue weighted by atomic mass is 10.2. The van der Waals surface area contributed by atoms with E-state index in [0.717, 1.165) is 4.68 Å². The normalized spacial score (nSPS) is 10.6. The third-order valence-corrected chi connectivity index (χ3v) is 3.02. The van der Waals surface area contributed by atoms with Crippen LogP contribution < -0.4 is 5.73 Å². The summed E-state index contributed by atoms with van der Waals surface area (Å²) in [7, 11) is 0. The van der Waals surface area contributed by atoms with Gasteiger partial charge in [-0.2, -0.15) is 9.67 Å². The van der Waals surface area contributed by atoms with E-state index in [2.05, 4.69) is 10.1 Å². The first-order valence-corrected chi connectivity index (χ1v) is 6.33. The Hall–Kier alpha value is -3.09. The van der Waals surface area contributed by atoms with Gasteiger partial charge in [0, 0.05) is 11.1 Å². The minimum Gasteiger partial charge on any atom is -0.368 e. The van der Waals surface area contributed by atoms with Crippen molar-refractivity contribution in [2.45, 2.75) is 0 Å². The zero-order valence-electron chi connectivity index (χ0n) is 11.2. The molecule has 1 heterocycles. The van der Waals surface area contributed by atoms with Crippen LogP contribution in [0.3, 0.4) is 0 Å². The van der Waals surface area contributed by atoms with E-state index in [1.165, 1.54) is 48.5 Å². The van der Waals surface area contributed by atoms with E-state index in [-0.39, 0.29) is 17.3 Å². The maximum absolute atomic E-state index is 12.9. The van der Waals surface area contributed by atoms with Crippen LogP contribution in [-0.4, -0.2) is 20.7 Å². The van der Waals surface area contributed by atoms with Crippen molar-refractivity contribution in [2.24, 2.45) is 0 Å². The Balaban J connectivity index is 1.97. The standard InChI is InChI=1S/C15H10F2N4O/c16-11-5-1-9(2-6-11)13-19-15(18)21(20-13)14(22)10-3-7-12(17)8-4-10/h1-8H,(H2,18,19,20). The fourth-order valence-corrected chi connectivity index (χ4v) is 1.91. The summed E-state index contributed by atoms with van der Waals surface area (Å²) in [6.07, 6.45) is 0. The molecule has 7 heteroatoms. The van der Waals surface area contributed by atoms with Crippen LogP contribution in [0.15, 0.2) is 48.5 Å². The minimum atomic E-state index is -0.529. The van der Waals surface area contributed by atoms with Crippen molar-refractivity contribution in [3.63, 3.8) is 0 Å². The molecule has 0 fully saturated rings. The average molecular weight is 300 g/mol. The number of nitrogens with two attached hydrogens (primary N) is 1. The molecule has 0 aliphatic heterocycles. The second kappa shape index (κ2) is 5.36. The lowest BCUT2D eigenvalue weighted by Gasteiger charge is -2.01. The molecular formula is C15H10F2N4O. The molecule has 0 bridgehead atoms. The number of aromatic nitrogens is 3. The number of carbonyl (C=O) groups excluding carboxylic acids is 1. The first-order chi connectivity index (χ1) is 10.5.